The molecule has 3 rings (SSSR count). The van der Waals surface area contributed by atoms with E-state index in [1.807, 2.05) is 0 Å². The van der Waals surface area contributed by atoms with Gasteiger partial charge in [-0.3, -0.25) is 4.79 Å². The number of benzene rings is 2. The third-order valence-corrected chi connectivity index (χ3v) is 4.13. The van der Waals surface area contributed by atoms with Gasteiger partial charge in [0.25, 0.3) is 0 Å². The van der Waals surface area contributed by atoms with Gasteiger partial charge in [-0.2, -0.15) is 13.2 Å². The van der Waals surface area contributed by atoms with Crippen molar-refractivity contribution < 1.29 is 22.4 Å². The van der Waals surface area contributed by atoms with Crippen molar-refractivity contribution in [1.82, 2.24) is 0 Å². The maximum atomic E-state index is 13.2. The molecule has 0 bridgehead atoms. The van der Waals surface area contributed by atoms with Crippen molar-refractivity contribution in [3.63, 3.8) is 0 Å². The average Bonchev–Trinajstić information content (AvgIpc) is 3.02. The van der Waals surface area contributed by atoms with Gasteiger partial charge in [-0.05, 0) is 30.0 Å². The lowest BCUT2D eigenvalue weighted by atomic mass is 10.1. The summed E-state index contributed by atoms with van der Waals surface area (Å²) in [4.78, 5) is 12.9. The van der Waals surface area contributed by atoms with Crippen molar-refractivity contribution in [3.05, 3.63) is 78.1 Å². The number of carbonyl (C=O) groups excluding carboxylic acids is 1. The number of hydrogen-bond acceptors (Lipinski definition) is 3. The standard InChI is InChI=1S/C18H11F3O2S/c19-18(20,21)16-14(17(22)24-13-9-5-2-6-10-13)11-15(23-16)12-7-3-1-4-8-12/h1-11H. The SMILES string of the molecule is O=C(Sc1ccccc1)c1cc(-c2ccccc2)oc1C(F)(F)F. The smallest absolute Gasteiger partial charge is 0.450 e. The van der Waals surface area contributed by atoms with Gasteiger partial charge in [0.05, 0.1) is 5.56 Å². The molecule has 6 heteroatoms. The minimum atomic E-state index is -4.74. The zero-order valence-corrected chi connectivity index (χ0v) is 13.0. The summed E-state index contributed by atoms with van der Waals surface area (Å²) in [5.74, 6) is -1.25. The number of hydrogen-bond donors (Lipinski definition) is 0. The van der Waals surface area contributed by atoms with Crippen LogP contribution in [0.1, 0.15) is 16.1 Å². The van der Waals surface area contributed by atoms with Gasteiger partial charge in [0.1, 0.15) is 5.76 Å². The Balaban J connectivity index is 1.99. The molecule has 0 spiro atoms. The van der Waals surface area contributed by atoms with E-state index in [9.17, 15) is 18.0 Å². The van der Waals surface area contributed by atoms with Crippen LogP contribution in [0.3, 0.4) is 0 Å². The zero-order valence-electron chi connectivity index (χ0n) is 12.2. The van der Waals surface area contributed by atoms with Gasteiger partial charge in [-0.1, -0.05) is 48.5 Å². The number of furan rings is 1. The van der Waals surface area contributed by atoms with Gasteiger partial charge < -0.3 is 4.42 Å². The van der Waals surface area contributed by atoms with Crippen LogP contribution in [0.15, 0.2) is 76.0 Å². The molecule has 1 aromatic heterocycles. The normalized spacial score (nSPS) is 11.5. The molecule has 0 atom stereocenters. The van der Waals surface area contributed by atoms with Crippen LogP contribution < -0.4 is 0 Å². The first-order chi connectivity index (χ1) is 11.4. The summed E-state index contributed by atoms with van der Waals surface area (Å²) in [5, 5.41) is -0.709. The third-order valence-electron chi connectivity index (χ3n) is 3.22. The monoisotopic (exact) mass is 348 g/mol. The molecule has 122 valence electrons. The summed E-state index contributed by atoms with van der Waals surface area (Å²) in [6, 6.07) is 18.0. The number of carbonyl (C=O) groups is 1. The second-order valence-electron chi connectivity index (χ2n) is 4.92. The molecule has 0 unspecified atom stereocenters. The highest BCUT2D eigenvalue weighted by atomic mass is 32.2. The van der Waals surface area contributed by atoms with Gasteiger partial charge in [-0.25, -0.2) is 0 Å². The Kier molecular flexibility index (Phi) is 4.49. The van der Waals surface area contributed by atoms with E-state index in [4.69, 9.17) is 4.42 Å². The molecule has 0 fully saturated rings. The second-order valence-corrected chi connectivity index (χ2v) is 5.97. The van der Waals surface area contributed by atoms with Gasteiger partial charge in [-0.15, -0.1) is 0 Å². The van der Waals surface area contributed by atoms with Crippen LogP contribution in [0.5, 0.6) is 0 Å². The lowest BCUT2D eigenvalue weighted by Gasteiger charge is -2.05. The van der Waals surface area contributed by atoms with Crippen molar-refractivity contribution in [2.24, 2.45) is 0 Å². The van der Waals surface area contributed by atoms with E-state index < -0.39 is 22.6 Å². The molecule has 0 aliphatic carbocycles. The molecule has 2 aromatic carbocycles. The molecule has 2 nitrogen and oxygen atoms in total. The van der Waals surface area contributed by atoms with Crippen LogP contribution in [0.25, 0.3) is 11.3 Å². The Hall–Kier alpha value is -2.47. The van der Waals surface area contributed by atoms with Crippen molar-refractivity contribution in [3.8, 4) is 11.3 Å². The largest absolute Gasteiger partial charge is 0.451 e. The quantitative estimate of drug-likeness (QED) is 0.552. The van der Waals surface area contributed by atoms with E-state index in [0.29, 0.717) is 10.5 Å². The number of halogens is 3. The van der Waals surface area contributed by atoms with Gasteiger partial charge in [0.15, 0.2) is 0 Å². The minimum absolute atomic E-state index is 0.0138. The minimum Gasteiger partial charge on any atom is -0.451 e. The fourth-order valence-corrected chi connectivity index (χ4v) is 2.92. The summed E-state index contributed by atoms with van der Waals surface area (Å²) in [7, 11) is 0. The second kappa shape index (κ2) is 6.57. The van der Waals surface area contributed by atoms with Crippen LogP contribution >= 0.6 is 11.8 Å². The molecule has 0 N–H and O–H groups in total. The van der Waals surface area contributed by atoms with Crippen LogP contribution in [0.2, 0.25) is 0 Å². The van der Waals surface area contributed by atoms with Crippen LogP contribution in [-0.2, 0) is 6.18 Å². The predicted octanol–water partition coefficient (Wildman–Crippen LogP) is 5.90. The van der Waals surface area contributed by atoms with Gasteiger partial charge >= 0.3 is 6.18 Å². The third kappa shape index (κ3) is 3.54. The van der Waals surface area contributed by atoms with Crippen LogP contribution in [0.4, 0.5) is 13.2 Å². The molecule has 0 saturated carbocycles. The van der Waals surface area contributed by atoms with E-state index in [-0.39, 0.29) is 5.76 Å². The highest BCUT2D eigenvalue weighted by molar-refractivity contribution is 8.14. The maximum absolute atomic E-state index is 13.2. The topological polar surface area (TPSA) is 30.2 Å². The molecule has 0 amide bonds. The molecule has 3 aromatic rings. The first-order valence-electron chi connectivity index (χ1n) is 6.99. The number of alkyl halides is 3. The Morgan fingerprint density at radius 2 is 1.50 bits per heavy atom. The van der Waals surface area contributed by atoms with Gasteiger partial charge in [0.2, 0.25) is 10.9 Å². The molecule has 0 aliphatic heterocycles. The number of rotatable bonds is 3. The van der Waals surface area contributed by atoms with Crippen molar-refractivity contribution in [2.45, 2.75) is 11.1 Å². The van der Waals surface area contributed by atoms with Crippen LogP contribution in [-0.4, -0.2) is 5.12 Å². The van der Waals surface area contributed by atoms with E-state index in [1.54, 1.807) is 60.7 Å². The Morgan fingerprint density at radius 1 is 0.917 bits per heavy atom. The highest BCUT2D eigenvalue weighted by Crippen LogP contribution is 2.39. The Morgan fingerprint density at radius 3 is 2.08 bits per heavy atom. The maximum Gasteiger partial charge on any atom is 0.450 e. The fourth-order valence-electron chi connectivity index (χ4n) is 2.15. The van der Waals surface area contributed by atoms with Crippen molar-refractivity contribution >= 4 is 16.9 Å². The lowest BCUT2D eigenvalue weighted by Crippen LogP contribution is -2.08. The first-order valence-corrected chi connectivity index (χ1v) is 7.80. The van der Waals surface area contributed by atoms with E-state index in [0.717, 1.165) is 17.8 Å². The molecular formula is C18H11F3O2S. The number of thioether (sulfide) groups is 1. The molecule has 0 radical (unpaired) electrons. The van der Waals surface area contributed by atoms with Crippen molar-refractivity contribution in [2.75, 3.05) is 0 Å². The summed E-state index contributed by atoms with van der Waals surface area (Å²) >= 11 is 0.737. The van der Waals surface area contributed by atoms with E-state index in [1.165, 1.54) is 0 Å². The Bertz CT molecular complexity index is 840. The van der Waals surface area contributed by atoms with Crippen LogP contribution in [0, 0.1) is 0 Å². The fraction of sp³-hybridized carbons (Fsp3) is 0.0556. The first kappa shape index (κ1) is 16.4. The summed E-state index contributed by atoms with van der Waals surface area (Å²) < 4.78 is 44.6. The van der Waals surface area contributed by atoms with Crippen molar-refractivity contribution in [1.29, 1.82) is 0 Å². The predicted molar refractivity (Wildman–Crippen MR) is 85.8 cm³/mol. The molecule has 0 saturated heterocycles. The van der Waals surface area contributed by atoms with E-state index >= 15 is 0 Å². The molecule has 1 heterocycles. The summed E-state index contributed by atoms with van der Waals surface area (Å²) in [6.07, 6.45) is -4.74. The highest BCUT2D eigenvalue weighted by Gasteiger charge is 2.40. The summed E-state index contributed by atoms with van der Waals surface area (Å²) in [5.41, 5.74) is 0.00182. The molecule has 0 aliphatic rings. The average molecular weight is 348 g/mol. The molecule has 24 heavy (non-hydrogen) atoms. The Labute approximate surface area is 140 Å². The van der Waals surface area contributed by atoms with Gasteiger partial charge in [0, 0.05) is 10.5 Å². The van der Waals surface area contributed by atoms with E-state index in [2.05, 4.69) is 0 Å². The molecular weight excluding hydrogens is 337 g/mol. The lowest BCUT2D eigenvalue weighted by molar-refractivity contribution is -0.152. The zero-order chi connectivity index (χ0) is 17.2. The summed E-state index contributed by atoms with van der Waals surface area (Å²) in [6.45, 7) is 0.